The maximum atomic E-state index is 12.9. The Morgan fingerprint density at radius 3 is 2.70 bits per heavy atom. The first kappa shape index (κ1) is 19.5. The van der Waals surface area contributed by atoms with Gasteiger partial charge in [-0.25, -0.2) is 0 Å². The number of thiocarbonyl (C=S) groups is 1. The Bertz CT molecular complexity index is 945. The second-order valence-corrected chi connectivity index (χ2v) is 7.58. The van der Waals surface area contributed by atoms with Crippen LogP contribution in [0, 0.1) is 0 Å². The number of phenols is 1. The van der Waals surface area contributed by atoms with Gasteiger partial charge in [-0.2, -0.15) is 0 Å². The lowest BCUT2D eigenvalue weighted by atomic mass is 10.2. The molecule has 1 aliphatic heterocycles. The van der Waals surface area contributed by atoms with Crippen LogP contribution in [-0.4, -0.2) is 29.1 Å². The Labute approximate surface area is 171 Å². The van der Waals surface area contributed by atoms with E-state index in [1.54, 1.807) is 36.4 Å². The number of aromatic hydroxyl groups is 1. The number of carbonyl (C=O) groups excluding carboxylic acids is 1. The van der Waals surface area contributed by atoms with Gasteiger partial charge in [-0.05, 0) is 48.9 Å². The van der Waals surface area contributed by atoms with Gasteiger partial charge in [0.2, 0.25) is 0 Å². The third-order valence-corrected chi connectivity index (χ3v) is 5.37. The van der Waals surface area contributed by atoms with Crippen LogP contribution in [0.5, 0.6) is 17.2 Å². The van der Waals surface area contributed by atoms with Crippen LogP contribution in [0.1, 0.15) is 12.5 Å². The Morgan fingerprint density at radius 2 is 2.04 bits per heavy atom. The van der Waals surface area contributed by atoms with Gasteiger partial charge in [0, 0.05) is 0 Å². The maximum Gasteiger partial charge on any atom is 0.270 e. The van der Waals surface area contributed by atoms with Crippen LogP contribution in [0.2, 0.25) is 5.02 Å². The number of rotatable bonds is 5. The molecule has 1 aliphatic rings. The van der Waals surface area contributed by atoms with Crippen molar-refractivity contribution >= 4 is 57.6 Å². The lowest BCUT2D eigenvalue weighted by molar-refractivity contribution is -0.113. The molecular weight excluding hydrogens is 406 g/mol. The lowest BCUT2D eigenvalue weighted by Crippen LogP contribution is -2.27. The Hall–Kier alpha value is -2.22. The van der Waals surface area contributed by atoms with E-state index in [1.807, 2.05) is 6.92 Å². The van der Waals surface area contributed by atoms with Crippen LogP contribution in [-0.2, 0) is 4.79 Å². The number of nitrogens with zero attached hydrogens (tertiary/aromatic N) is 1. The van der Waals surface area contributed by atoms with Crippen molar-refractivity contribution in [3.63, 3.8) is 0 Å². The van der Waals surface area contributed by atoms with Crippen LogP contribution in [0.25, 0.3) is 6.08 Å². The largest absolute Gasteiger partial charge is 0.504 e. The predicted octanol–water partition coefficient (Wildman–Crippen LogP) is 4.86. The molecule has 27 heavy (non-hydrogen) atoms. The molecule has 1 fully saturated rings. The van der Waals surface area contributed by atoms with Crippen LogP contribution in [0.15, 0.2) is 41.3 Å². The second-order valence-electron chi connectivity index (χ2n) is 5.50. The molecule has 0 aliphatic carbocycles. The average molecular weight is 422 g/mol. The molecule has 2 aromatic carbocycles. The topological polar surface area (TPSA) is 59.0 Å². The van der Waals surface area contributed by atoms with Crippen molar-refractivity contribution in [3.05, 3.63) is 51.9 Å². The summed E-state index contributed by atoms with van der Waals surface area (Å²) in [5, 5.41) is 10.2. The highest BCUT2D eigenvalue weighted by atomic mass is 35.5. The molecule has 0 bridgehead atoms. The number of methoxy groups -OCH3 is 1. The third kappa shape index (κ3) is 4.05. The van der Waals surface area contributed by atoms with E-state index in [0.29, 0.717) is 38.0 Å². The zero-order chi connectivity index (χ0) is 19.6. The van der Waals surface area contributed by atoms with Crippen molar-refractivity contribution in [3.8, 4) is 17.2 Å². The van der Waals surface area contributed by atoms with Gasteiger partial charge in [0.1, 0.15) is 5.75 Å². The second kappa shape index (κ2) is 8.21. The molecular formula is C19H16ClNO4S2. The highest BCUT2D eigenvalue weighted by Crippen LogP contribution is 2.39. The smallest absolute Gasteiger partial charge is 0.270 e. The zero-order valence-electron chi connectivity index (χ0n) is 14.6. The molecule has 0 atom stereocenters. The molecule has 1 amide bonds. The monoisotopic (exact) mass is 421 g/mol. The first-order valence-electron chi connectivity index (χ1n) is 8.02. The quantitative estimate of drug-likeness (QED) is 0.549. The molecule has 1 heterocycles. The zero-order valence-corrected chi connectivity index (χ0v) is 17.0. The standard InChI is InChI=1S/C19H16ClNO4S2/c1-3-25-16-8-11(4-6-14(16)22)9-17-18(23)21(19(26)27-17)12-5-7-15(24-2)13(20)10-12/h4-10,22H,3H2,1-2H3/b17-9+. The number of hydrogen-bond donors (Lipinski definition) is 1. The third-order valence-electron chi connectivity index (χ3n) is 3.77. The molecule has 0 spiro atoms. The number of amides is 1. The van der Waals surface area contributed by atoms with Gasteiger partial charge >= 0.3 is 0 Å². The molecule has 1 N–H and O–H groups in total. The first-order chi connectivity index (χ1) is 12.9. The average Bonchev–Trinajstić information content (AvgIpc) is 2.91. The van der Waals surface area contributed by atoms with E-state index >= 15 is 0 Å². The van der Waals surface area contributed by atoms with Gasteiger partial charge in [-0.1, -0.05) is 41.6 Å². The Kier molecular flexibility index (Phi) is 5.94. The van der Waals surface area contributed by atoms with Gasteiger partial charge in [-0.15, -0.1) is 0 Å². The van der Waals surface area contributed by atoms with Crippen molar-refractivity contribution in [2.45, 2.75) is 6.92 Å². The van der Waals surface area contributed by atoms with E-state index in [0.717, 1.165) is 5.56 Å². The molecule has 0 radical (unpaired) electrons. The van der Waals surface area contributed by atoms with Crippen LogP contribution < -0.4 is 14.4 Å². The fourth-order valence-electron chi connectivity index (χ4n) is 2.53. The normalized spacial score (nSPS) is 15.5. The fraction of sp³-hybridized carbons (Fsp3) is 0.158. The van der Waals surface area contributed by atoms with Gasteiger partial charge < -0.3 is 14.6 Å². The maximum absolute atomic E-state index is 12.9. The molecule has 140 valence electrons. The molecule has 5 nitrogen and oxygen atoms in total. The van der Waals surface area contributed by atoms with E-state index in [-0.39, 0.29) is 11.7 Å². The summed E-state index contributed by atoms with van der Waals surface area (Å²) in [7, 11) is 1.53. The summed E-state index contributed by atoms with van der Waals surface area (Å²) in [6.07, 6.45) is 1.71. The Balaban J connectivity index is 1.91. The number of thioether (sulfide) groups is 1. The lowest BCUT2D eigenvalue weighted by Gasteiger charge is -2.15. The van der Waals surface area contributed by atoms with Gasteiger partial charge in [0.05, 0.1) is 29.3 Å². The molecule has 0 unspecified atom stereocenters. The summed E-state index contributed by atoms with van der Waals surface area (Å²) in [6, 6.07) is 9.97. The number of hydrogen-bond acceptors (Lipinski definition) is 6. The first-order valence-corrected chi connectivity index (χ1v) is 9.62. The molecule has 3 rings (SSSR count). The number of ether oxygens (including phenoxy) is 2. The number of carbonyl (C=O) groups is 1. The minimum Gasteiger partial charge on any atom is -0.504 e. The summed E-state index contributed by atoms with van der Waals surface area (Å²) in [4.78, 5) is 14.8. The molecule has 2 aromatic rings. The number of anilines is 1. The van der Waals surface area contributed by atoms with Crippen molar-refractivity contribution in [2.75, 3.05) is 18.6 Å². The van der Waals surface area contributed by atoms with Crippen molar-refractivity contribution in [1.29, 1.82) is 0 Å². The highest BCUT2D eigenvalue weighted by Gasteiger charge is 2.33. The Morgan fingerprint density at radius 1 is 1.26 bits per heavy atom. The summed E-state index contributed by atoms with van der Waals surface area (Å²) >= 11 is 12.7. The van der Waals surface area contributed by atoms with Gasteiger partial charge in [-0.3, -0.25) is 9.69 Å². The van der Waals surface area contributed by atoms with Crippen molar-refractivity contribution in [2.24, 2.45) is 0 Å². The molecule has 0 aromatic heterocycles. The number of phenolic OH excluding ortho intramolecular Hbond substituents is 1. The van der Waals surface area contributed by atoms with E-state index < -0.39 is 0 Å². The minimum atomic E-state index is -0.239. The SMILES string of the molecule is CCOc1cc(/C=C2/SC(=S)N(c3ccc(OC)c(Cl)c3)C2=O)ccc1O. The minimum absolute atomic E-state index is 0.0504. The summed E-state index contributed by atoms with van der Waals surface area (Å²) < 4.78 is 10.9. The number of benzene rings is 2. The predicted molar refractivity (Wildman–Crippen MR) is 113 cm³/mol. The van der Waals surface area contributed by atoms with Crippen LogP contribution in [0.3, 0.4) is 0 Å². The summed E-state index contributed by atoms with van der Waals surface area (Å²) in [5.74, 6) is 0.698. The fourth-order valence-corrected chi connectivity index (χ4v) is 4.08. The van der Waals surface area contributed by atoms with Crippen molar-refractivity contribution in [1.82, 2.24) is 0 Å². The van der Waals surface area contributed by atoms with Crippen LogP contribution in [0.4, 0.5) is 5.69 Å². The molecule has 8 heteroatoms. The van der Waals surface area contributed by atoms with E-state index in [1.165, 1.54) is 29.8 Å². The van der Waals surface area contributed by atoms with Gasteiger partial charge in [0.25, 0.3) is 5.91 Å². The summed E-state index contributed by atoms with van der Waals surface area (Å²) in [5.41, 5.74) is 1.30. The van der Waals surface area contributed by atoms with Crippen LogP contribution >= 0.6 is 35.6 Å². The van der Waals surface area contributed by atoms with Gasteiger partial charge in [0.15, 0.2) is 15.8 Å². The van der Waals surface area contributed by atoms with E-state index in [4.69, 9.17) is 33.3 Å². The highest BCUT2D eigenvalue weighted by molar-refractivity contribution is 8.27. The molecule has 0 saturated carbocycles. The van der Waals surface area contributed by atoms with Crippen molar-refractivity contribution < 1.29 is 19.4 Å². The molecule has 1 saturated heterocycles. The summed E-state index contributed by atoms with van der Waals surface area (Å²) in [6.45, 7) is 2.26. The van der Waals surface area contributed by atoms with E-state index in [2.05, 4.69) is 0 Å². The van der Waals surface area contributed by atoms with E-state index in [9.17, 15) is 9.90 Å². The number of halogens is 1.